The van der Waals surface area contributed by atoms with Crippen molar-refractivity contribution in [3.05, 3.63) is 82.5 Å². The number of hydrogen-bond donors (Lipinski definition) is 0. The van der Waals surface area contributed by atoms with Gasteiger partial charge in [0.2, 0.25) is 0 Å². The van der Waals surface area contributed by atoms with Crippen LogP contribution in [0.15, 0.2) is 66.4 Å². The highest BCUT2D eigenvalue weighted by molar-refractivity contribution is 6.35. The van der Waals surface area contributed by atoms with Gasteiger partial charge >= 0.3 is 0 Å². The summed E-state index contributed by atoms with van der Waals surface area (Å²) in [5, 5.41) is 14.2. The zero-order chi connectivity index (χ0) is 17.2. The zero-order valence-electron chi connectivity index (χ0n) is 13.0. The molecule has 25 heavy (non-hydrogen) atoms. The predicted molar refractivity (Wildman–Crippen MR) is 101 cm³/mol. The van der Waals surface area contributed by atoms with Crippen LogP contribution < -0.4 is 0 Å². The molecule has 2 aromatic carbocycles. The maximum absolute atomic E-state index is 6.32. The fraction of sp³-hybridized carbons (Fsp3) is 0.0556. The van der Waals surface area contributed by atoms with Crippen LogP contribution in [-0.4, -0.2) is 25.7 Å². The van der Waals surface area contributed by atoms with Crippen LogP contribution in [0, 0.1) is 0 Å². The second-order valence-electron chi connectivity index (χ2n) is 5.55. The number of benzene rings is 2. The van der Waals surface area contributed by atoms with E-state index >= 15 is 0 Å². The minimum absolute atomic E-state index is 0.632. The Hall–Kier alpha value is -2.63. The van der Waals surface area contributed by atoms with Gasteiger partial charge in [0.05, 0.1) is 6.21 Å². The minimum atomic E-state index is 0.632. The number of rotatable bonds is 4. The summed E-state index contributed by atoms with van der Waals surface area (Å²) in [4.78, 5) is 0. The lowest BCUT2D eigenvalue weighted by atomic mass is 10.2. The number of para-hydroxylation sites is 1. The van der Waals surface area contributed by atoms with Crippen molar-refractivity contribution in [3.8, 4) is 0 Å². The Kier molecular flexibility index (Phi) is 4.26. The van der Waals surface area contributed by atoms with Gasteiger partial charge < -0.3 is 4.57 Å². The molecule has 7 heteroatoms. The van der Waals surface area contributed by atoms with E-state index in [-0.39, 0.29) is 0 Å². The molecule has 0 N–H and O–H groups in total. The van der Waals surface area contributed by atoms with Crippen molar-refractivity contribution in [2.45, 2.75) is 6.54 Å². The first-order chi connectivity index (χ1) is 12.2. The first-order valence-corrected chi connectivity index (χ1v) is 8.37. The van der Waals surface area contributed by atoms with Crippen molar-refractivity contribution in [3.63, 3.8) is 0 Å². The predicted octanol–water partition coefficient (Wildman–Crippen LogP) is 4.47. The molecule has 0 aliphatic carbocycles. The van der Waals surface area contributed by atoms with Crippen LogP contribution in [0.4, 0.5) is 0 Å². The van der Waals surface area contributed by atoms with Gasteiger partial charge in [-0.3, -0.25) is 0 Å². The van der Waals surface area contributed by atoms with Crippen LogP contribution in [0.2, 0.25) is 10.0 Å². The molecule has 0 radical (unpaired) electrons. The van der Waals surface area contributed by atoms with Crippen LogP contribution >= 0.6 is 23.2 Å². The summed E-state index contributed by atoms with van der Waals surface area (Å²) in [5.74, 6) is 0. The minimum Gasteiger partial charge on any atom is -0.342 e. The standard InChI is InChI=1S/C18H13Cl2N5/c19-15-6-5-13(17(20)7-15)9-24-10-14(8-23-25-11-21-22-12-25)16-3-1-2-4-18(16)24/h1-8,10-12H,9H2/b23-8-. The third kappa shape index (κ3) is 3.29. The summed E-state index contributed by atoms with van der Waals surface area (Å²) in [5.41, 5.74) is 3.13. The Bertz CT molecular complexity index is 1050. The third-order valence-electron chi connectivity index (χ3n) is 3.91. The Labute approximate surface area is 154 Å². The maximum atomic E-state index is 6.32. The van der Waals surface area contributed by atoms with Crippen LogP contribution in [0.3, 0.4) is 0 Å². The highest BCUT2D eigenvalue weighted by Crippen LogP contribution is 2.25. The van der Waals surface area contributed by atoms with Gasteiger partial charge in [0.1, 0.15) is 12.7 Å². The van der Waals surface area contributed by atoms with E-state index in [1.54, 1.807) is 29.6 Å². The molecule has 0 saturated carbocycles. The lowest BCUT2D eigenvalue weighted by molar-refractivity contribution is 0.836. The number of hydrogen-bond acceptors (Lipinski definition) is 3. The molecule has 2 aromatic heterocycles. The van der Waals surface area contributed by atoms with E-state index in [1.165, 1.54) is 0 Å². The molecule has 0 fully saturated rings. The van der Waals surface area contributed by atoms with E-state index in [2.05, 4.69) is 38.2 Å². The highest BCUT2D eigenvalue weighted by Gasteiger charge is 2.09. The number of halogens is 2. The summed E-state index contributed by atoms with van der Waals surface area (Å²) in [7, 11) is 0. The van der Waals surface area contributed by atoms with Gasteiger partial charge in [0.15, 0.2) is 0 Å². The third-order valence-corrected chi connectivity index (χ3v) is 4.50. The van der Waals surface area contributed by atoms with Gasteiger partial charge in [-0.05, 0) is 23.8 Å². The van der Waals surface area contributed by atoms with Crippen LogP contribution in [0.1, 0.15) is 11.1 Å². The quantitative estimate of drug-likeness (QED) is 0.498. The molecule has 0 amide bonds. The average Bonchev–Trinajstić information content (AvgIpc) is 3.24. The Morgan fingerprint density at radius 3 is 2.64 bits per heavy atom. The van der Waals surface area contributed by atoms with Gasteiger partial charge in [-0.2, -0.15) is 5.10 Å². The molecule has 2 heterocycles. The average molecular weight is 370 g/mol. The Morgan fingerprint density at radius 2 is 1.84 bits per heavy atom. The van der Waals surface area contributed by atoms with Crippen molar-refractivity contribution in [1.82, 2.24) is 19.4 Å². The van der Waals surface area contributed by atoms with Crippen LogP contribution in [0.25, 0.3) is 10.9 Å². The molecule has 0 bridgehead atoms. The second-order valence-corrected chi connectivity index (χ2v) is 6.40. The largest absolute Gasteiger partial charge is 0.342 e. The number of aromatic nitrogens is 4. The Balaban J connectivity index is 1.74. The fourth-order valence-electron chi connectivity index (χ4n) is 2.73. The molecule has 5 nitrogen and oxygen atoms in total. The number of nitrogens with zero attached hydrogens (tertiary/aromatic N) is 5. The Morgan fingerprint density at radius 1 is 1.04 bits per heavy atom. The van der Waals surface area contributed by atoms with Gasteiger partial charge in [-0.25, -0.2) is 4.68 Å². The smallest absolute Gasteiger partial charge is 0.141 e. The van der Waals surface area contributed by atoms with E-state index in [9.17, 15) is 0 Å². The zero-order valence-corrected chi connectivity index (χ0v) is 14.6. The molecule has 0 atom stereocenters. The molecule has 124 valence electrons. The van der Waals surface area contributed by atoms with Gasteiger partial charge in [-0.1, -0.05) is 47.5 Å². The highest BCUT2D eigenvalue weighted by atomic mass is 35.5. The van der Waals surface area contributed by atoms with E-state index < -0.39 is 0 Å². The first-order valence-electron chi connectivity index (χ1n) is 7.61. The summed E-state index contributed by atoms with van der Waals surface area (Å²) in [6, 6.07) is 13.7. The van der Waals surface area contributed by atoms with Crippen LogP contribution in [-0.2, 0) is 6.54 Å². The SMILES string of the molecule is Clc1ccc(Cn2cc(/C=N\n3cnnc3)c3ccccc32)c(Cl)c1. The van der Waals surface area contributed by atoms with E-state index in [0.717, 1.165) is 22.0 Å². The first kappa shape index (κ1) is 15.9. The summed E-state index contributed by atoms with van der Waals surface area (Å²) >= 11 is 12.3. The normalized spacial score (nSPS) is 11.6. The van der Waals surface area contributed by atoms with Crippen molar-refractivity contribution < 1.29 is 0 Å². The van der Waals surface area contributed by atoms with Crippen molar-refractivity contribution >= 4 is 40.3 Å². The molecule has 0 aliphatic rings. The van der Waals surface area contributed by atoms with Gasteiger partial charge in [-0.15, -0.1) is 10.2 Å². The monoisotopic (exact) mass is 369 g/mol. The maximum Gasteiger partial charge on any atom is 0.141 e. The molecular weight excluding hydrogens is 357 g/mol. The summed E-state index contributed by atoms with van der Waals surface area (Å²) in [6.07, 6.45) is 6.95. The second kappa shape index (κ2) is 6.70. The van der Waals surface area contributed by atoms with Gasteiger partial charge in [0.25, 0.3) is 0 Å². The van der Waals surface area contributed by atoms with E-state index in [1.807, 2.05) is 24.3 Å². The van der Waals surface area contributed by atoms with Crippen molar-refractivity contribution in [2.24, 2.45) is 5.10 Å². The van der Waals surface area contributed by atoms with Crippen molar-refractivity contribution in [2.75, 3.05) is 0 Å². The summed E-state index contributed by atoms with van der Waals surface area (Å²) < 4.78 is 3.71. The molecular formula is C18H13Cl2N5. The van der Waals surface area contributed by atoms with Gasteiger partial charge in [0, 0.05) is 39.3 Å². The molecule has 0 saturated heterocycles. The molecule has 4 aromatic rings. The fourth-order valence-corrected chi connectivity index (χ4v) is 3.19. The molecule has 4 rings (SSSR count). The van der Waals surface area contributed by atoms with E-state index in [0.29, 0.717) is 16.6 Å². The lowest BCUT2D eigenvalue weighted by Gasteiger charge is -2.08. The summed E-state index contributed by atoms with van der Waals surface area (Å²) in [6.45, 7) is 0.650. The number of fused-ring (bicyclic) bond motifs is 1. The molecule has 0 unspecified atom stereocenters. The lowest BCUT2D eigenvalue weighted by Crippen LogP contribution is -1.98. The van der Waals surface area contributed by atoms with Crippen molar-refractivity contribution in [1.29, 1.82) is 0 Å². The topological polar surface area (TPSA) is 48.0 Å². The molecule has 0 spiro atoms. The molecule has 0 aliphatic heterocycles. The van der Waals surface area contributed by atoms with Crippen LogP contribution in [0.5, 0.6) is 0 Å². The van der Waals surface area contributed by atoms with E-state index in [4.69, 9.17) is 23.2 Å².